The van der Waals surface area contributed by atoms with Gasteiger partial charge in [-0.15, -0.1) is 22.7 Å². The zero-order chi connectivity index (χ0) is 45.5. The van der Waals surface area contributed by atoms with Gasteiger partial charge >= 0.3 is 5.97 Å². The van der Waals surface area contributed by atoms with E-state index in [1.807, 2.05) is 36.4 Å². The highest BCUT2D eigenvalue weighted by molar-refractivity contribution is 7.29. The molecule has 0 amide bonds. The van der Waals surface area contributed by atoms with E-state index in [-0.39, 0.29) is 33.7 Å². The Bertz CT molecular complexity index is 2880. The third kappa shape index (κ3) is 7.89. The molecule has 5 aromatic rings. The Balaban J connectivity index is 1.17. The molecule has 0 saturated heterocycles. The number of para-hydroxylation sites is 1. The Kier molecular flexibility index (Phi) is 12.8. The topological polar surface area (TPSA) is 112 Å². The number of aromatic nitrogens is 1. The lowest BCUT2D eigenvalue weighted by Crippen LogP contribution is -2.35. The van der Waals surface area contributed by atoms with Gasteiger partial charge in [0.1, 0.15) is 18.2 Å². The van der Waals surface area contributed by atoms with Crippen molar-refractivity contribution >= 4 is 78.0 Å². The first-order chi connectivity index (χ1) is 30.8. The van der Waals surface area contributed by atoms with Crippen LogP contribution in [0.25, 0.3) is 36.9 Å². The van der Waals surface area contributed by atoms with Crippen molar-refractivity contribution in [3.05, 3.63) is 111 Å². The van der Waals surface area contributed by atoms with E-state index in [0.29, 0.717) is 0 Å². The van der Waals surface area contributed by atoms with Gasteiger partial charge in [-0.3, -0.25) is 4.79 Å². The van der Waals surface area contributed by atoms with Crippen molar-refractivity contribution in [2.24, 2.45) is 0 Å². The van der Waals surface area contributed by atoms with Crippen molar-refractivity contribution in [3.8, 4) is 16.5 Å². The lowest BCUT2D eigenvalue weighted by atomic mass is 9.77. The van der Waals surface area contributed by atoms with Crippen LogP contribution in [-0.2, 0) is 27.0 Å². The highest BCUT2D eigenvalue weighted by Gasteiger charge is 2.46. The molecule has 2 aromatic carbocycles. The normalized spacial score (nSPS) is 17.9. The lowest BCUT2D eigenvalue weighted by molar-refractivity contribution is -0.438. The van der Waals surface area contributed by atoms with Crippen LogP contribution in [0.1, 0.15) is 129 Å². The van der Waals surface area contributed by atoms with Gasteiger partial charge in [0.2, 0.25) is 5.69 Å². The molecule has 10 heteroatoms. The number of hydrogen-bond donors (Lipinski definition) is 1. The standard InChI is InChI=1S/C54H60N4O4S2/c1-8-11-13-15-16-20-26-58-42-24-23-34(45-32-44-51(64-45)50-43(57(44)25-19-14-12-9-2)29-36(63-50)27-35(33-55)52(61)62)28-40(42)54(6,7)47(58)31-38-48(59)37(49(38)60)30-46-53(4,5)39-21-17-18-22-41(39)56(46)10-3/h17-18,21-24,27-32H,8-16,19-20,25-26H2,1-7H3,(H-,59,60,61,62)/b35-27+. The van der Waals surface area contributed by atoms with E-state index >= 15 is 0 Å². The van der Waals surface area contributed by atoms with Crippen LogP contribution in [-0.4, -0.2) is 44.8 Å². The molecule has 2 aliphatic heterocycles. The smallest absolute Gasteiger partial charge is 0.346 e. The minimum Gasteiger partial charge on any atom is -0.871 e. The quantitative estimate of drug-likeness (QED) is 0.0406. The molecule has 3 aromatic heterocycles. The number of aliphatic carboxylic acids is 1. The fourth-order valence-corrected chi connectivity index (χ4v) is 12.5. The maximum Gasteiger partial charge on any atom is 0.346 e. The molecule has 0 saturated carbocycles. The number of unbranched alkanes of at least 4 members (excludes halogenated alkanes) is 8. The third-order valence-electron chi connectivity index (χ3n) is 13.7. The minimum atomic E-state index is -1.22. The highest BCUT2D eigenvalue weighted by atomic mass is 32.1. The number of carboxylic acid groups (broad SMARTS) is 1. The van der Waals surface area contributed by atoms with E-state index in [9.17, 15) is 25.1 Å². The molecule has 1 aliphatic carbocycles. The summed E-state index contributed by atoms with van der Waals surface area (Å²) in [6.45, 7) is 17.7. The van der Waals surface area contributed by atoms with Crippen LogP contribution >= 0.6 is 22.7 Å². The highest BCUT2D eigenvalue weighted by Crippen LogP contribution is 2.50. The molecule has 5 heterocycles. The largest absolute Gasteiger partial charge is 0.871 e. The molecule has 1 N–H and O–H groups in total. The molecule has 0 bridgehead atoms. The van der Waals surface area contributed by atoms with Crippen molar-refractivity contribution in [2.75, 3.05) is 18.0 Å². The van der Waals surface area contributed by atoms with Crippen molar-refractivity contribution < 1.29 is 24.4 Å². The number of likely N-dealkylation sites (N-methyl/N-ethyl adjacent to an activating group) is 1. The number of allylic oxidation sites excluding steroid dienone is 5. The molecule has 0 spiro atoms. The summed E-state index contributed by atoms with van der Waals surface area (Å²) < 4.78 is 7.01. The number of anilines is 1. The summed E-state index contributed by atoms with van der Waals surface area (Å²) in [4.78, 5) is 30.0. The van der Waals surface area contributed by atoms with Crippen LogP contribution in [0.4, 0.5) is 11.4 Å². The van der Waals surface area contributed by atoms with E-state index in [1.54, 1.807) is 11.3 Å². The second-order valence-corrected chi connectivity index (χ2v) is 20.7. The maximum atomic E-state index is 14.1. The van der Waals surface area contributed by atoms with Crippen LogP contribution in [0, 0.1) is 11.3 Å². The van der Waals surface area contributed by atoms with Crippen molar-refractivity contribution in [1.29, 1.82) is 5.26 Å². The van der Waals surface area contributed by atoms with Gasteiger partial charge in [-0.2, -0.15) is 9.84 Å². The van der Waals surface area contributed by atoms with Gasteiger partial charge < -0.3 is 19.7 Å². The van der Waals surface area contributed by atoms with Crippen molar-refractivity contribution in [3.63, 3.8) is 0 Å². The number of carbonyl (C=O) groups is 2. The molecule has 8 rings (SSSR count). The number of rotatable bonds is 18. The van der Waals surface area contributed by atoms with Gasteiger partial charge in [-0.05, 0) is 87.2 Å². The van der Waals surface area contributed by atoms with E-state index in [4.69, 9.17) is 0 Å². The summed E-state index contributed by atoms with van der Waals surface area (Å²) in [5.74, 6) is -1.60. The van der Waals surface area contributed by atoms with Gasteiger partial charge in [0.15, 0.2) is 11.5 Å². The van der Waals surface area contributed by atoms with Crippen LogP contribution < -0.4 is 10.0 Å². The van der Waals surface area contributed by atoms with E-state index in [1.165, 1.54) is 66.2 Å². The Labute approximate surface area is 385 Å². The van der Waals surface area contributed by atoms with E-state index < -0.39 is 11.4 Å². The zero-order valence-corrected chi connectivity index (χ0v) is 40.0. The maximum absolute atomic E-state index is 14.1. The predicted octanol–water partition coefficient (Wildman–Crippen LogP) is 12.7. The minimum absolute atomic E-state index is 0.189. The molecule has 64 heavy (non-hydrogen) atoms. The Hall–Kier alpha value is -5.50. The molecule has 8 nitrogen and oxygen atoms in total. The zero-order valence-electron chi connectivity index (χ0n) is 38.4. The van der Waals surface area contributed by atoms with Gasteiger partial charge in [0.25, 0.3) is 0 Å². The van der Waals surface area contributed by atoms with Gasteiger partial charge in [-0.25, -0.2) is 4.79 Å². The molecule has 0 atom stereocenters. The molecule has 0 unspecified atom stereocenters. The molecule has 332 valence electrons. The number of thiophene rings is 2. The Morgan fingerprint density at radius 1 is 0.844 bits per heavy atom. The average Bonchev–Trinajstić information content (AvgIpc) is 4.05. The van der Waals surface area contributed by atoms with Crippen LogP contribution in [0.15, 0.2) is 94.9 Å². The molecular formula is C54H60N4O4S2. The third-order valence-corrected chi connectivity index (χ3v) is 16.1. The number of benzene rings is 2. The monoisotopic (exact) mass is 892 g/mol. The Morgan fingerprint density at radius 2 is 1.53 bits per heavy atom. The number of ketones is 1. The van der Waals surface area contributed by atoms with Crippen molar-refractivity contribution in [2.45, 2.75) is 130 Å². The number of Topliss-reactive ketones (excluding diaryl/α,β-unsaturated/α-hetero) is 1. The van der Waals surface area contributed by atoms with Crippen LogP contribution in [0.5, 0.6) is 0 Å². The van der Waals surface area contributed by atoms with Crippen LogP contribution in [0.3, 0.4) is 0 Å². The number of fused-ring (bicyclic) bond motifs is 5. The first-order valence-electron chi connectivity index (χ1n) is 23.2. The number of nitrogens with zero attached hydrogens (tertiary/aromatic N) is 4. The average molecular weight is 893 g/mol. The summed E-state index contributed by atoms with van der Waals surface area (Å²) in [6.07, 6.45) is 16.7. The number of hydrogen-bond acceptors (Lipinski definition) is 7. The molecule has 3 aliphatic rings. The first kappa shape index (κ1) is 45.1. The fourth-order valence-electron chi connectivity index (χ4n) is 10.1. The lowest BCUT2D eigenvalue weighted by Gasteiger charge is -2.32. The summed E-state index contributed by atoms with van der Waals surface area (Å²) in [7, 11) is 0. The van der Waals surface area contributed by atoms with Gasteiger partial charge in [0.05, 0.1) is 25.8 Å². The van der Waals surface area contributed by atoms with E-state index in [0.717, 1.165) is 105 Å². The molecular weight excluding hydrogens is 833 g/mol. The van der Waals surface area contributed by atoms with Gasteiger partial charge in [0, 0.05) is 74.9 Å². The summed E-state index contributed by atoms with van der Waals surface area (Å²) >= 11 is 3.28. The number of aryl methyl sites for hydroxylation is 1. The summed E-state index contributed by atoms with van der Waals surface area (Å²) in [5, 5.41) is 33.2. The second-order valence-electron chi connectivity index (χ2n) is 18.6. The van der Waals surface area contributed by atoms with Crippen molar-refractivity contribution in [1.82, 2.24) is 4.57 Å². The molecule has 0 radical (unpaired) electrons. The SMILES string of the molecule is CCCCCCCC[N+]1=C(/C=C2\C(=O)C(/C=C3/N(CC)c4ccccc4C3(C)C)=C2[O-])C(C)(C)c2cc(-c3cc4c(s3)c3sc(/C=C(\C#N)C(=O)O)cc3n4CCCCCC)ccc21. The fraction of sp³-hybridized carbons (Fsp3) is 0.407. The molecule has 0 fully saturated rings. The van der Waals surface area contributed by atoms with Gasteiger partial charge in [-0.1, -0.05) is 96.6 Å². The number of nitriles is 1. The predicted molar refractivity (Wildman–Crippen MR) is 263 cm³/mol. The Morgan fingerprint density at radius 3 is 2.23 bits per heavy atom. The first-order valence-corrected chi connectivity index (χ1v) is 24.9. The van der Waals surface area contributed by atoms with Crippen LogP contribution in [0.2, 0.25) is 0 Å². The summed E-state index contributed by atoms with van der Waals surface area (Å²) in [6, 6.07) is 21.2. The number of carboxylic acids is 1. The second kappa shape index (κ2) is 18.2. The number of carbonyl (C=O) groups excluding carboxylic acids is 1. The van der Waals surface area contributed by atoms with E-state index in [2.05, 4.69) is 98.9 Å². The summed E-state index contributed by atoms with van der Waals surface area (Å²) in [5.41, 5.74) is 9.33.